The molecule has 0 radical (unpaired) electrons. The van der Waals surface area contributed by atoms with Crippen molar-refractivity contribution in [3.8, 4) is 56.7 Å². The van der Waals surface area contributed by atoms with E-state index in [1.54, 1.807) is 0 Å². The molecular weight excluding hydrogens is 675 g/mol. The molecule has 0 saturated heterocycles. The van der Waals surface area contributed by atoms with E-state index in [1.807, 2.05) is 60.7 Å². The molecule has 0 fully saturated rings. The Kier molecular flexibility index (Phi) is 7.03. The quantitative estimate of drug-likeness (QED) is 0.173. The molecule has 55 heavy (non-hydrogen) atoms. The van der Waals surface area contributed by atoms with Gasteiger partial charge in [0.15, 0.2) is 23.1 Å². The van der Waals surface area contributed by atoms with Gasteiger partial charge in [-0.1, -0.05) is 140 Å². The molecule has 7 nitrogen and oxygen atoms in total. The summed E-state index contributed by atoms with van der Waals surface area (Å²) in [5.41, 5.74) is 12.3. The molecule has 0 N–H and O–H groups in total. The third-order valence-electron chi connectivity index (χ3n) is 10.3. The van der Waals surface area contributed by atoms with Gasteiger partial charge in [-0.05, 0) is 59.7 Å². The minimum atomic E-state index is 0.622. The van der Waals surface area contributed by atoms with Gasteiger partial charge < -0.3 is 0 Å². The van der Waals surface area contributed by atoms with Crippen molar-refractivity contribution in [1.29, 1.82) is 0 Å². The molecule has 0 aliphatic rings. The fourth-order valence-electron chi connectivity index (χ4n) is 7.78. The molecule has 258 valence electrons. The minimum Gasteiger partial charge on any atom is -0.294 e. The zero-order valence-electron chi connectivity index (χ0n) is 29.5. The average Bonchev–Trinajstić information content (AvgIpc) is 3.90. The molecule has 4 aromatic heterocycles. The van der Waals surface area contributed by atoms with Crippen LogP contribution in [0.1, 0.15) is 0 Å². The first-order valence-corrected chi connectivity index (χ1v) is 18.3. The molecule has 0 amide bonds. The Morgan fingerprint density at radius 2 is 0.855 bits per heavy atom. The summed E-state index contributed by atoms with van der Waals surface area (Å²) in [4.78, 5) is 20.2. The third-order valence-corrected chi connectivity index (χ3v) is 10.3. The van der Waals surface area contributed by atoms with E-state index >= 15 is 0 Å². The van der Waals surface area contributed by atoms with Crippen LogP contribution in [0.5, 0.6) is 0 Å². The fraction of sp³-hybridized carbons (Fsp3) is 0. The monoisotopic (exact) mass is 705 g/mol. The van der Waals surface area contributed by atoms with Crippen molar-refractivity contribution >= 4 is 38.9 Å². The molecule has 0 aliphatic heterocycles. The van der Waals surface area contributed by atoms with Crippen molar-refractivity contribution in [2.24, 2.45) is 0 Å². The number of fused-ring (bicyclic) bond motifs is 7. The van der Waals surface area contributed by atoms with Crippen LogP contribution in [0.4, 0.5) is 0 Å². The highest BCUT2D eigenvalue weighted by molar-refractivity contribution is 6.10. The Hall–Kier alpha value is -7.64. The average molecular weight is 706 g/mol. The molecule has 0 saturated carbocycles. The highest BCUT2D eigenvalue weighted by Crippen LogP contribution is 2.39. The normalized spacial score (nSPS) is 11.6. The summed E-state index contributed by atoms with van der Waals surface area (Å²) >= 11 is 0. The van der Waals surface area contributed by atoms with Crippen LogP contribution in [0.3, 0.4) is 0 Å². The Labute approximate surface area is 316 Å². The molecule has 11 rings (SSSR count). The van der Waals surface area contributed by atoms with E-state index in [-0.39, 0.29) is 0 Å². The van der Waals surface area contributed by atoms with Crippen molar-refractivity contribution in [2.45, 2.75) is 0 Å². The predicted molar refractivity (Wildman–Crippen MR) is 221 cm³/mol. The van der Waals surface area contributed by atoms with Crippen molar-refractivity contribution < 1.29 is 0 Å². The lowest BCUT2D eigenvalue weighted by molar-refractivity contribution is 1.07. The summed E-state index contributed by atoms with van der Waals surface area (Å²) in [6.07, 6.45) is 0. The van der Waals surface area contributed by atoms with Crippen LogP contribution in [-0.2, 0) is 0 Å². The summed E-state index contributed by atoms with van der Waals surface area (Å²) in [6, 6.07) is 64.9. The van der Waals surface area contributed by atoms with Gasteiger partial charge in [-0.15, -0.1) is 0 Å². The van der Waals surface area contributed by atoms with Gasteiger partial charge in [0, 0.05) is 33.5 Å². The van der Waals surface area contributed by atoms with Crippen LogP contribution < -0.4 is 0 Å². The molecule has 7 aromatic carbocycles. The highest BCUT2D eigenvalue weighted by atomic mass is 15.3. The Morgan fingerprint density at radius 3 is 1.51 bits per heavy atom. The SMILES string of the molecule is c1ccc(-c2nc(-c3ccccc3)nc(-c3cccc(-c4ccc5c(c4)nc4n(-c6ccccc6)c6c7ccccc7n(-c7ccccc7)c6n54)c3)n2)cc1. The van der Waals surface area contributed by atoms with E-state index in [1.165, 1.54) is 5.39 Å². The number of aromatic nitrogens is 7. The largest absolute Gasteiger partial charge is 0.294 e. The number of nitrogens with zero attached hydrogens (tertiary/aromatic N) is 7. The third kappa shape index (κ3) is 5.05. The summed E-state index contributed by atoms with van der Waals surface area (Å²) in [5, 5.41) is 1.17. The zero-order chi connectivity index (χ0) is 36.3. The number of hydrogen-bond donors (Lipinski definition) is 0. The molecule has 0 atom stereocenters. The van der Waals surface area contributed by atoms with Crippen molar-refractivity contribution in [3.05, 3.63) is 188 Å². The van der Waals surface area contributed by atoms with Crippen molar-refractivity contribution in [3.63, 3.8) is 0 Å². The maximum absolute atomic E-state index is 5.38. The summed E-state index contributed by atoms with van der Waals surface area (Å²) in [7, 11) is 0. The van der Waals surface area contributed by atoms with Crippen LogP contribution >= 0.6 is 0 Å². The second-order valence-corrected chi connectivity index (χ2v) is 13.6. The first kappa shape index (κ1) is 30.9. The predicted octanol–water partition coefficient (Wildman–Crippen LogP) is 11.2. The van der Waals surface area contributed by atoms with E-state index in [0.717, 1.165) is 72.7 Å². The molecule has 4 heterocycles. The van der Waals surface area contributed by atoms with Crippen LogP contribution in [0.25, 0.3) is 95.5 Å². The maximum Gasteiger partial charge on any atom is 0.221 e. The lowest BCUT2D eigenvalue weighted by atomic mass is 10.0. The summed E-state index contributed by atoms with van der Waals surface area (Å²) in [6.45, 7) is 0. The molecular formula is C48H31N7. The highest BCUT2D eigenvalue weighted by Gasteiger charge is 2.25. The second kappa shape index (κ2) is 12.5. The standard InChI is InChI=1S/C48H31N7/c1-5-16-32(17-6-1)44-50-45(33-18-7-2-8-19-33)52-46(51-44)36-21-15-20-34(30-36)35-28-29-42-40(31-35)49-48-54(38-24-11-4-12-25-38)43-39-26-13-14-27-41(39)53(47(43)55(42)48)37-22-9-3-10-23-37/h1-31H. The van der Waals surface area contributed by atoms with Gasteiger partial charge in [-0.25, -0.2) is 19.9 Å². The van der Waals surface area contributed by atoms with Gasteiger partial charge in [0.25, 0.3) is 0 Å². The van der Waals surface area contributed by atoms with Crippen LogP contribution in [0.2, 0.25) is 0 Å². The van der Waals surface area contributed by atoms with E-state index in [9.17, 15) is 0 Å². The molecule has 0 spiro atoms. The Balaban J connectivity index is 1.10. The topological polar surface area (TPSA) is 65.8 Å². The first-order valence-electron chi connectivity index (χ1n) is 18.3. The van der Waals surface area contributed by atoms with Gasteiger partial charge in [0.05, 0.1) is 16.6 Å². The number of para-hydroxylation sites is 3. The molecule has 0 unspecified atom stereocenters. The number of rotatable bonds is 6. The number of imidazole rings is 2. The van der Waals surface area contributed by atoms with E-state index in [4.69, 9.17) is 19.9 Å². The van der Waals surface area contributed by atoms with Gasteiger partial charge in [0.2, 0.25) is 5.78 Å². The lowest BCUT2D eigenvalue weighted by Gasteiger charge is -2.10. The van der Waals surface area contributed by atoms with Crippen molar-refractivity contribution in [1.82, 2.24) is 33.5 Å². The van der Waals surface area contributed by atoms with Crippen LogP contribution in [0, 0.1) is 0 Å². The number of benzene rings is 7. The minimum absolute atomic E-state index is 0.622. The molecule has 7 heteroatoms. The maximum atomic E-state index is 5.38. The molecule has 0 aliphatic carbocycles. The summed E-state index contributed by atoms with van der Waals surface area (Å²) < 4.78 is 6.97. The van der Waals surface area contributed by atoms with Crippen LogP contribution in [-0.4, -0.2) is 33.5 Å². The molecule has 0 bridgehead atoms. The first-order chi connectivity index (χ1) is 27.3. The smallest absolute Gasteiger partial charge is 0.221 e. The zero-order valence-corrected chi connectivity index (χ0v) is 29.5. The number of hydrogen-bond acceptors (Lipinski definition) is 4. The van der Waals surface area contributed by atoms with E-state index < -0.39 is 0 Å². The summed E-state index contributed by atoms with van der Waals surface area (Å²) in [5.74, 6) is 2.76. The van der Waals surface area contributed by atoms with Gasteiger partial charge in [-0.2, -0.15) is 0 Å². The fourth-order valence-corrected chi connectivity index (χ4v) is 7.78. The van der Waals surface area contributed by atoms with Crippen molar-refractivity contribution in [2.75, 3.05) is 0 Å². The lowest BCUT2D eigenvalue weighted by Crippen LogP contribution is -2.00. The molecule has 11 aromatic rings. The van der Waals surface area contributed by atoms with Gasteiger partial charge >= 0.3 is 0 Å². The van der Waals surface area contributed by atoms with E-state index in [2.05, 4.69) is 141 Å². The van der Waals surface area contributed by atoms with Crippen LogP contribution in [0.15, 0.2) is 188 Å². The van der Waals surface area contributed by atoms with Gasteiger partial charge in [0.1, 0.15) is 5.52 Å². The Bertz CT molecular complexity index is 3120. The Morgan fingerprint density at radius 1 is 0.345 bits per heavy atom. The van der Waals surface area contributed by atoms with Gasteiger partial charge in [-0.3, -0.25) is 13.5 Å². The second-order valence-electron chi connectivity index (χ2n) is 13.6. The van der Waals surface area contributed by atoms with E-state index in [0.29, 0.717) is 17.5 Å².